The highest BCUT2D eigenvalue weighted by molar-refractivity contribution is 7.15. The Morgan fingerprint density at radius 3 is 2.93 bits per heavy atom. The average molecular weight is 381 g/mol. The Kier molecular flexibility index (Phi) is 4.68. The molecule has 138 valence electrons. The fraction of sp³-hybridized carbons (Fsp3) is 0.278. The molecule has 0 unspecified atom stereocenters. The number of nitrogens with one attached hydrogen (secondary N) is 2. The van der Waals surface area contributed by atoms with E-state index in [4.69, 9.17) is 0 Å². The quantitative estimate of drug-likeness (QED) is 0.500. The third kappa shape index (κ3) is 3.45. The lowest BCUT2D eigenvalue weighted by Gasteiger charge is -2.07. The molecule has 3 heterocycles. The van der Waals surface area contributed by atoms with Crippen molar-refractivity contribution in [1.82, 2.24) is 35.5 Å². The molecule has 0 fully saturated rings. The number of hydrogen-bond donors (Lipinski definition) is 2. The average Bonchev–Trinajstić information content (AvgIpc) is 3.38. The Labute approximate surface area is 159 Å². The number of benzene rings is 1. The van der Waals surface area contributed by atoms with E-state index in [-0.39, 0.29) is 5.91 Å². The van der Waals surface area contributed by atoms with Gasteiger partial charge >= 0.3 is 0 Å². The van der Waals surface area contributed by atoms with E-state index in [1.807, 2.05) is 38.1 Å². The van der Waals surface area contributed by atoms with E-state index >= 15 is 0 Å². The van der Waals surface area contributed by atoms with Crippen molar-refractivity contribution in [2.75, 3.05) is 6.54 Å². The fourth-order valence-electron chi connectivity index (χ4n) is 2.96. The molecule has 9 heteroatoms. The number of tetrazole rings is 1. The Balaban J connectivity index is 1.40. The summed E-state index contributed by atoms with van der Waals surface area (Å²) >= 11 is 1.51. The van der Waals surface area contributed by atoms with Gasteiger partial charge in [-0.25, -0.2) is 4.98 Å². The van der Waals surface area contributed by atoms with E-state index in [9.17, 15) is 4.79 Å². The normalized spacial score (nSPS) is 11.2. The standard InChI is InChI=1S/C18H19N7OS/c1-11-12(2)27-18(25-10-20-23-24-25)16(11)17(26)19-9-5-8-15-21-13-6-3-4-7-14(13)22-15/h3-4,6-7,10H,5,8-9H2,1-2H3,(H,19,26)(H,21,22). The summed E-state index contributed by atoms with van der Waals surface area (Å²) in [5, 5.41) is 15.0. The molecule has 0 aliphatic heterocycles. The molecule has 27 heavy (non-hydrogen) atoms. The number of H-pyrrole nitrogens is 1. The van der Waals surface area contributed by atoms with E-state index in [1.165, 1.54) is 22.3 Å². The first-order chi connectivity index (χ1) is 13.1. The first-order valence-electron chi connectivity index (χ1n) is 8.68. The Hall–Kier alpha value is -3.07. The molecule has 8 nitrogen and oxygen atoms in total. The lowest BCUT2D eigenvalue weighted by Crippen LogP contribution is -2.26. The van der Waals surface area contributed by atoms with Gasteiger partial charge in [-0.15, -0.1) is 16.4 Å². The zero-order valence-electron chi connectivity index (χ0n) is 15.1. The molecule has 0 aliphatic carbocycles. The van der Waals surface area contributed by atoms with Gasteiger partial charge in [0.2, 0.25) is 0 Å². The third-order valence-corrected chi connectivity index (χ3v) is 5.66. The predicted molar refractivity (Wildman–Crippen MR) is 103 cm³/mol. The Morgan fingerprint density at radius 1 is 1.30 bits per heavy atom. The number of rotatable bonds is 6. The number of carbonyl (C=O) groups excluding carboxylic acids is 1. The highest BCUT2D eigenvalue weighted by Gasteiger charge is 2.21. The van der Waals surface area contributed by atoms with Gasteiger partial charge in [-0.1, -0.05) is 12.1 Å². The second kappa shape index (κ2) is 7.28. The smallest absolute Gasteiger partial charge is 0.254 e. The van der Waals surface area contributed by atoms with Crippen molar-refractivity contribution in [3.8, 4) is 5.00 Å². The minimum atomic E-state index is -0.105. The highest BCUT2D eigenvalue weighted by atomic mass is 32.1. The first kappa shape index (κ1) is 17.3. The number of amides is 1. The van der Waals surface area contributed by atoms with Gasteiger partial charge in [-0.3, -0.25) is 4.79 Å². The van der Waals surface area contributed by atoms with E-state index in [0.717, 1.165) is 45.1 Å². The van der Waals surface area contributed by atoms with Gasteiger partial charge in [0.25, 0.3) is 5.91 Å². The van der Waals surface area contributed by atoms with Crippen molar-refractivity contribution >= 4 is 28.3 Å². The summed E-state index contributed by atoms with van der Waals surface area (Å²) in [6, 6.07) is 7.95. The van der Waals surface area contributed by atoms with Crippen LogP contribution < -0.4 is 5.32 Å². The van der Waals surface area contributed by atoms with Gasteiger partial charge in [0.15, 0.2) is 0 Å². The number of aryl methyl sites for hydroxylation is 2. The first-order valence-corrected chi connectivity index (χ1v) is 9.50. The molecule has 0 spiro atoms. The summed E-state index contributed by atoms with van der Waals surface area (Å²) in [6.07, 6.45) is 3.08. The molecule has 4 aromatic rings. The SMILES string of the molecule is Cc1sc(-n2cnnn2)c(C(=O)NCCCc2nc3ccccc3[nH]2)c1C. The molecular weight excluding hydrogens is 362 g/mol. The van der Waals surface area contributed by atoms with Crippen molar-refractivity contribution in [3.63, 3.8) is 0 Å². The summed E-state index contributed by atoms with van der Waals surface area (Å²) in [5.41, 5.74) is 3.59. The molecular formula is C18H19N7OS. The Morgan fingerprint density at radius 2 is 2.15 bits per heavy atom. The maximum Gasteiger partial charge on any atom is 0.254 e. The number of fused-ring (bicyclic) bond motifs is 1. The number of hydrogen-bond acceptors (Lipinski definition) is 6. The van der Waals surface area contributed by atoms with Gasteiger partial charge in [0, 0.05) is 17.8 Å². The molecule has 1 amide bonds. The molecule has 2 N–H and O–H groups in total. The minimum absolute atomic E-state index is 0.105. The second-order valence-electron chi connectivity index (χ2n) is 6.28. The molecule has 0 saturated carbocycles. The summed E-state index contributed by atoms with van der Waals surface area (Å²) in [4.78, 5) is 21.7. The monoisotopic (exact) mass is 381 g/mol. The van der Waals surface area contributed by atoms with E-state index in [0.29, 0.717) is 12.1 Å². The van der Waals surface area contributed by atoms with Crippen LogP contribution in [0.15, 0.2) is 30.6 Å². The summed E-state index contributed by atoms with van der Waals surface area (Å²) in [5.74, 6) is 0.828. The van der Waals surface area contributed by atoms with Crippen molar-refractivity contribution in [3.05, 3.63) is 52.4 Å². The van der Waals surface area contributed by atoms with Crippen molar-refractivity contribution in [2.45, 2.75) is 26.7 Å². The second-order valence-corrected chi connectivity index (χ2v) is 7.48. The van der Waals surface area contributed by atoms with Crippen LogP contribution in [-0.4, -0.2) is 42.6 Å². The van der Waals surface area contributed by atoms with Crippen LogP contribution in [0.2, 0.25) is 0 Å². The van der Waals surface area contributed by atoms with Gasteiger partial charge in [0.1, 0.15) is 17.2 Å². The third-order valence-electron chi connectivity index (χ3n) is 4.47. The van der Waals surface area contributed by atoms with Crippen LogP contribution in [0.4, 0.5) is 0 Å². The van der Waals surface area contributed by atoms with E-state index in [2.05, 4.69) is 30.8 Å². The van der Waals surface area contributed by atoms with Crippen LogP contribution in [-0.2, 0) is 6.42 Å². The highest BCUT2D eigenvalue weighted by Crippen LogP contribution is 2.30. The van der Waals surface area contributed by atoms with Crippen molar-refractivity contribution < 1.29 is 4.79 Å². The van der Waals surface area contributed by atoms with Gasteiger partial charge in [0.05, 0.1) is 16.6 Å². The molecule has 0 radical (unpaired) electrons. The van der Waals surface area contributed by atoms with E-state index in [1.54, 1.807) is 0 Å². The number of carbonyl (C=O) groups is 1. The topological polar surface area (TPSA) is 101 Å². The van der Waals surface area contributed by atoms with Crippen molar-refractivity contribution in [2.24, 2.45) is 0 Å². The fourth-order valence-corrected chi connectivity index (χ4v) is 4.03. The molecule has 1 aromatic carbocycles. The van der Waals surface area contributed by atoms with Crippen LogP contribution in [0.3, 0.4) is 0 Å². The predicted octanol–water partition coefficient (Wildman–Crippen LogP) is 2.58. The number of aromatic amines is 1. The molecule has 3 aromatic heterocycles. The summed E-state index contributed by atoms with van der Waals surface area (Å²) < 4.78 is 1.54. The number of aromatic nitrogens is 6. The van der Waals surface area contributed by atoms with Crippen LogP contribution >= 0.6 is 11.3 Å². The summed E-state index contributed by atoms with van der Waals surface area (Å²) in [7, 11) is 0. The van der Waals surface area contributed by atoms with Crippen LogP contribution in [0.1, 0.15) is 33.0 Å². The number of para-hydroxylation sites is 2. The molecule has 0 saturated heterocycles. The maximum atomic E-state index is 12.7. The number of nitrogens with zero attached hydrogens (tertiary/aromatic N) is 5. The molecule has 0 aliphatic rings. The lowest BCUT2D eigenvalue weighted by atomic mass is 10.1. The van der Waals surface area contributed by atoms with Gasteiger partial charge in [-0.2, -0.15) is 4.68 Å². The van der Waals surface area contributed by atoms with E-state index < -0.39 is 0 Å². The Bertz CT molecular complexity index is 1050. The molecule has 0 atom stereocenters. The van der Waals surface area contributed by atoms with Gasteiger partial charge < -0.3 is 10.3 Å². The van der Waals surface area contributed by atoms with Crippen LogP contribution in [0, 0.1) is 13.8 Å². The number of imidazole rings is 1. The maximum absolute atomic E-state index is 12.7. The zero-order chi connectivity index (χ0) is 18.8. The van der Waals surface area contributed by atoms with Crippen LogP contribution in [0.5, 0.6) is 0 Å². The largest absolute Gasteiger partial charge is 0.352 e. The molecule has 0 bridgehead atoms. The van der Waals surface area contributed by atoms with Gasteiger partial charge in [-0.05, 0) is 48.4 Å². The number of thiophene rings is 1. The van der Waals surface area contributed by atoms with Crippen molar-refractivity contribution in [1.29, 1.82) is 0 Å². The lowest BCUT2D eigenvalue weighted by molar-refractivity contribution is 0.0953. The minimum Gasteiger partial charge on any atom is -0.352 e. The summed E-state index contributed by atoms with van der Waals surface area (Å²) in [6.45, 7) is 4.51. The van der Waals surface area contributed by atoms with Crippen LogP contribution in [0.25, 0.3) is 16.0 Å². The zero-order valence-corrected chi connectivity index (χ0v) is 15.9. The molecule has 4 rings (SSSR count).